The first-order valence-corrected chi connectivity index (χ1v) is 7.77. The summed E-state index contributed by atoms with van der Waals surface area (Å²) >= 11 is 2.97. The molecule has 100 valence electrons. The molecule has 0 fully saturated rings. The lowest BCUT2D eigenvalue weighted by Crippen LogP contribution is -2.29. The Kier molecular flexibility index (Phi) is 6.59. The minimum atomic E-state index is -1.04. The lowest BCUT2D eigenvalue weighted by molar-refractivity contribution is 0.0698. The van der Waals surface area contributed by atoms with E-state index >= 15 is 0 Å². The number of carboxylic acid groups (broad SMARTS) is 1. The van der Waals surface area contributed by atoms with E-state index in [1.165, 1.54) is 17.4 Å². The average molecular weight is 288 g/mol. The fraction of sp³-hybridized carbons (Fsp3) is 0.455. The topological polar surface area (TPSA) is 78.4 Å². The minimum absolute atomic E-state index is 0.123. The molecule has 1 aromatic rings. The Morgan fingerprint density at radius 1 is 1.44 bits per heavy atom. The molecule has 0 aromatic carbocycles. The second-order valence-corrected chi connectivity index (χ2v) is 5.45. The van der Waals surface area contributed by atoms with Crippen LogP contribution in [0.2, 0.25) is 0 Å². The van der Waals surface area contributed by atoms with E-state index in [2.05, 4.69) is 10.6 Å². The van der Waals surface area contributed by atoms with Gasteiger partial charge in [-0.2, -0.15) is 11.8 Å². The van der Waals surface area contributed by atoms with Crippen molar-refractivity contribution < 1.29 is 14.7 Å². The summed E-state index contributed by atoms with van der Waals surface area (Å²) in [5.41, 5.74) is 0.123. The molecule has 0 atom stereocenters. The van der Waals surface area contributed by atoms with Crippen LogP contribution in [0.25, 0.3) is 0 Å². The second-order valence-electron chi connectivity index (χ2n) is 3.55. The van der Waals surface area contributed by atoms with Crippen LogP contribution in [0.3, 0.4) is 0 Å². The van der Waals surface area contributed by atoms with Crippen molar-refractivity contribution in [2.24, 2.45) is 0 Å². The first-order valence-electron chi connectivity index (χ1n) is 5.49. The number of hydrogen-bond donors (Lipinski definition) is 3. The highest BCUT2D eigenvalue weighted by molar-refractivity contribution is 7.98. The molecule has 5 nitrogen and oxygen atoms in total. The largest absolute Gasteiger partial charge is 0.478 e. The van der Waals surface area contributed by atoms with Crippen molar-refractivity contribution in [3.8, 4) is 0 Å². The van der Waals surface area contributed by atoms with Crippen LogP contribution in [0.4, 0.5) is 9.80 Å². The molecule has 0 aliphatic carbocycles. The van der Waals surface area contributed by atoms with Crippen LogP contribution in [-0.4, -0.2) is 35.7 Å². The summed E-state index contributed by atoms with van der Waals surface area (Å²) in [6, 6.07) is 1.12. The Bertz CT molecular complexity index is 407. The predicted molar refractivity (Wildman–Crippen MR) is 75.9 cm³/mol. The van der Waals surface area contributed by atoms with E-state index < -0.39 is 5.97 Å². The summed E-state index contributed by atoms with van der Waals surface area (Å²) in [5.74, 6) is 0.0451. The molecule has 3 N–H and O–H groups in total. The Labute approximate surface area is 114 Å². The zero-order chi connectivity index (χ0) is 13.4. The van der Waals surface area contributed by atoms with Gasteiger partial charge in [0, 0.05) is 6.54 Å². The maximum Gasteiger partial charge on any atom is 0.338 e. The monoisotopic (exact) mass is 288 g/mol. The number of rotatable bonds is 7. The number of amides is 2. The average Bonchev–Trinajstić information content (AvgIpc) is 2.77. The van der Waals surface area contributed by atoms with Crippen molar-refractivity contribution in [3.63, 3.8) is 0 Å². The standard InChI is InChI=1S/C11H16N2O3S2/c1-17-6-3-2-5-12-11(16)13-9-8(10(14)15)4-7-18-9/h4,7H,2-3,5-6H2,1H3,(H,14,15)(H2,12,13,16). The van der Waals surface area contributed by atoms with Crippen LogP contribution in [0.1, 0.15) is 23.2 Å². The van der Waals surface area contributed by atoms with Crippen molar-refractivity contribution in [3.05, 3.63) is 17.0 Å². The van der Waals surface area contributed by atoms with Crippen LogP contribution in [0, 0.1) is 0 Å². The normalized spacial score (nSPS) is 10.1. The van der Waals surface area contributed by atoms with E-state index in [4.69, 9.17) is 5.11 Å². The second kappa shape index (κ2) is 7.99. The molecule has 0 bridgehead atoms. The number of anilines is 1. The van der Waals surface area contributed by atoms with Gasteiger partial charge in [-0.05, 0) is 36.3 Å². The third-order valence-electron chi connectivity index (χ3n) is 2.18. The highest BCUT2D eigenvalue weighted by atomic mass is 32.2. The lowest BCUT2D eigenvalue weighted by atomic mass is 10.3. The molecule has 1 aromatic heterocycles. The number of nitrogens with one attached hydrogen (secondary N) is 2. The lowest BCUT2D eigenvalue weighted by Gasteiger charge is -2.06. The van der Waals surface area contributed by atoms with E-state index in [1.54, 1.807) is 17.1 Å². The quantitative estimate of drug-likeness (QED) is 0.674. The number of carbonyl (C=O) groups is 2. The Balaban J connectivity index is 2.31. The molecule has 7 heteroatoms. The molecular weight excluding hydrogens is 272 g/mol. The van der Waals surface area contributed by atoms with Gasteiger partial charge in [0.05, 0.1) is 5.56 Å². The van der Waals surface area contributed by atoms with Gasteiger partial charge < -0.3 is 10.4 Å². The molecule has 0 aliphatic heterocycles. The van der Waals surface area contributed by atoms with Gasteiger partial charge in [0.2, 0.25) is 0 Å². The maximum absolute atomic E-state index is 11.5. The number of urea groups is 1. The fourth-order valence-corrected chi connectivity index (χ4v) is 2.56. The Hall–Kier alpha value is -1.21. The van der Waals surface area contributed by atoms with Gasteiger partial charge >= 0.3 is 12.0 Å². The summed E-state index contributed by atoms with van der Waals surface area (Å²) in [4.78, 5) is 22.3. The maximum atomic E-state index is 11.5. The summed E-state index contributed by atoms with van der Waals surface area (Å²) in [6.07, 6.45) is 4.02. The van der Waals surface area contributed by atoms with Gasteiger partial charge in [-0.1, -0.05) is 0 Å². The fourth-order valence-electron chi connectivity index (χ4n) is 1.30. The van der Waals surface area contributed by atoms with Gasteiger partial charge in [0.15, 0.2) is 0 Å². The number of aromatic carboxylic acids is 1. The number of hydrogen-bond acceptors (Lipinski definition) is 4. The first kappa shape index (κ1) is 14.8. The molecule has 0 unspecified atom stereocenters. The molecule has 0 saturated carbocycles. The van der Waals surface area contributed by atoms with E-state index in [1.807, 2.05) is 6.26 Å². The Morgan fingerprint density at radius 2 is 2.22 bits per heavy atom. The predicted octanol–water partition coefficient (Wildman–Crippen LogP) is 2.71. The molecule has 18 heavy (non-hydrogen) atoms. The van der Waals surface area contributed by atoms with Gasteiger partial charge in [0.1, 0.15) is 5.00 Å². The minimum Gasteiger partial charge on any atom is -0.478 e. The molecular formula is C11H16N2O3S2. The van der Waals surface area contributed by atoms with E-state index in [-0.39, 0.29) is 11.6 Å². The molecule has 2 amide bonds. The Morgan fingerprint density at radius 3 is 2.89 bits per heavy atom. The number of carbonyl (C=O) groups excluding carboxylic acids is 1. The van der Waals surface area contributed by atoms with Crippen molar-refractivity contribution in [1.82, 2.24) is 5.32 Å². The molecule has 0 aliphatic rings. The summed E-state index contributed by atoms with van der Waals surface area (Å²) in [6.45, 7) is 0.597. The molecule has 1 rings (SSSR count). The molecule has 1 heterocycles. The SMILES string of the molecule is CSCCCCNC(=O)Nc1sccc1C(=O)O. The van der Waals surface area contributed by atoms with Crippen molar-refractivity contribution in [2.75, 3.05) is 23.9 Å². The first-order chi connectivity index (χ1) is 8.65. The molecule has 0 radical (unpaired) electrons. The van der Waals surface area contributed by atoms with Crippen molar-refractivity contribution in [1.29, 1.82) is 0 Å². The summed E-state index contributed by atoms with van der Waals surface area (Å²) < 4.78 is 0. The third-order valence-corrected chi connectivity index (χ3v) is 3.71. The number of thioether (sulfide) groups is 1. The van der Waals surface area contributed by atoms with Gasteiger partial charge in [0.25, 0.3) is 0 Å². The van der Waals surface area contributed by atoms with Crippen LogP contribution in [-0.2, 0) is 0 Å². The van der Waals surface area contributed by atoms with Crippen LogP contribution in [0.5, 0.6) is 0 Å². The number of unbranched alkanes of at least 4 members (excludes halogenated alkanes) is 1. The van der Waals surface area contributed by atoms with Crippen molar-refractivity contribution in [2.45, 2.75) is 12.8 Å². The number of thiophene rings is 1. The van der Waals surface area contributed by atoms with Crippen LogP contribution < -0.4 is 10.6 Å². The number of carboxylic acids is 1. The van der Waals surface area contributed by atoms with Gasteiger partial charge in [-0.25, -0.2) is 9.59 Å². The van der Waals surface area contributed by atoms with E-state index in [0.29, 0.717) is 11.5 Å². The summed E-state index contributed by atoms with van der Waals surface area (Å²) in [5, 5.41) is 16.1. The molecule has 0 saturated heterocycles. The third kappa shape index (κ3) is 4.97. The van der Waals surface area contributed by atoms with Crippen LogP contribution >= 0.6 is 23.1 Å². The van der Waals surface area contributed by atoms with E-state index in [9.17, 15) is 9.59 Å². The van der Waals surface area contributed by atoms with Gasteiger partial charge in [-0.15, -0.1) is 11.3 Å². The van der Waals surface area contributed by atoms with Gasteiger partial charge in [-0.3, -0.25) is 5.32 Å². The highest BCUT2D eigenvalue weighted by Crippen LogP contribution is 2.22. The van der Waals surface area contributed by atoms with Crippen LogP contribution in [0.15, 0.2) is 11.4 Å². The van der Waals surface area contributed by atoms with E-state index in [0.717, 1.165) is 18.6 Å². The zero-order valence-corrected chi connectivity index (χ0v) is 11.7. The summed E-state index contributed by atoms with van der Waals surface area (Å²) in [7, 11) is 0. The smallest absolute Gasteiger partial charge is 0.338 e. The zero-order valence-electron chi connectivity index (χ0n) is 10.1. The molecule has 0 spiro atoms. The highest BCUT2D eigenvalue weighted by Gasteiger charge is 2.13. The van der Waals surface area contributed by atoms with Crippen molar-refractivity contribution >= 4 is 40.1 Å².